The quantitative estimate of drug-likeness (QED) is 0.739. The second kappa shape index (κ2) is 4.07. The molecule has 0 aliphatic carbocycles. The van der Waals surface area contributed by atoms with Crippen LogP contribution in [-0.2, 0) is 6.61 Å². The van der Waals surface area contributed by atoms with Crippen LogP contribution in [-0.4, -0.2) is 10.1 Å². The maximum Gasteiger partial charge on any atom is 0.280 e. The molecule has 6 heteroatoms. The van der Waals surface area contributed by atoms with E-state index in [2.05, 4.69) is 4.98 Å². The van der Waals surface area contributed by atoms with E-state index < -0.39 is 24.7 Å². The van der Waals surface area contributed by atoms with Crippen LogP contribution in [0.5, 0.6) is 0 Å². The van der Waals surface area contributed by atoms with Crippen LogP contribution >= 0.6 is 0 Å². The zero-order chi connectivity index (χ0) is 10.7. The van der Waals surface area contributed by atoms with Gasteiger partial charge in [0.1, 0.15) is 5.69 Å². The number of nitriles is 1. The molecule has 3 nitrogen and oxygen atoms in total. The van der Waals surface area contributed by atoms with Crippen molar-refractivity contribution in [2.45, 2.75) is 13.0 Å². The number of hydrogen-bond acceptors (Lipinski definition) is 3. The lowest BCUT2D eigenvalue weighted by Gasteiger charge is -2.06. The molecule has 14 heavy (non-hydrogen) atoms. The molecule has 0 unspecified atom stereocenters. The van der Waals surface area contributed by atoms with Crippen LogP contribution < -0.4 is 0 Å². The van der Waals surface area contributed by atoms with E-state index in [1.54, 1.807) is 0 Å². The Morgan fingerprint density at radius 2 is 2.21 bits per heavy atom. The normalized spacial score (nSPS) is 10.3. The summed E-state index contributed by atoms with van der Waals surface area (Å²) < 4.78 is 37.1. The van der Waals surface area contributed by atoms with Gasteiger partial charge in [-0.1, -0.05) is 0 Å². The molecule has 0 aliphatic heterocycles. The Kier molecular flexibility index (Phi) is 3.04. The van der Waals surface area contributed by atoms with E-state index >= 15 is 0 Å². The molecule has 1 rings (SSSR count). The average molecular weight is 202 g/mol. The molecular weight excluding hydrogens is 197 g/mol. The molecule has 0 spiro atoms. The summed E-state index contributed by atoms with van der Waals surface area (Å²) in [5, 5.41) is 17.2. The number of nitrogens with zero attached hydrogens (tertiary/aromatic N) is 2. The lowest BCUT2D eigenvalue weighted by Crippen LogP contribution is -2.04. The van der Waals surface area contributed by atoms with Crippen molar-refractivity contribution in [1.29, 1.82) is 5.26 Å². The first-order valence-electron chi connectivity index (χ1n) is 3.58. The van der Waals surface area contributed by atoms with Gasteiger partial charge in [0.2, 0.25) is 5.95 Å². The Hall–Kier alpha value is -1.61. The predicted molar refractivity (Wildman–Crippen MR) is 39.8 cm³/mol. The molecule has 1 aromatic heterocycles. The van der Waals surface area contributed by atoms with Gasteiger partial charge in [-0.15, -0.1) is 0 Å². The average Bonchev–Trinajstić information content (AvgIpc) is 2.16. The lowest BCUT2D eigenvalue weighted by molar-refractivity contribution is 0.140. The van der Waals surface area contributed by atoms with E-state index in [1.807, 2.05) is 0 Å². The number of aliphatic hydroxyl groups excluding tert-OH is 1. The summed E-state index contributed by atoms with van der Waals surface area (Å²) in [6, 6.07) is 2.22. The van der Waals surface area contributed by atoms with Crippen LogP contribution in [0.15, 0.2) is 6.07 Å². The van der Waals surface area contributed by atoms with Gasteiger partial charge in [-0.2, -0.15) is 9.65 Å². The van der Waals surface area contributed by atoms with E-state index in [0.29, 0.717) is 6.07 Å². The van der Waals surface area contributed by atoms with E-state index in [-0.39, 0.29) is 11.1 Å². The molecule has 0 fully saturated rings. The number of halogens is 3. The van der Waals surface area contributed by atoms with Gasteiger partial charge in [0.25, 0.3) is 6.43 Å². The second-order valence-electron chi connectivity index (χ2n) is 2.43. The van der Waals surface area contributed by atoms with Crippen LogP contribution in [0.25, 0.3) is 0 Å². The van der Waals surface area contributed by atoms with E-state index in [1.165, 1.54) is 6.07 Å². The number of aliphatic hydroxyl groups is 1. The van der Waals surface area contributed by atoms with Gasteiger partial charge in [0.05, 0.1) is 18.2 Å². The maximum absolute atomic E-state index is 12.6. The van der Waals surface area contributed by atoms with Crippen molar-refractivity contribution >= 4 is 0 Å². The third-order valence-corrected chi connectivity index (χ3v) is 1.61. The molecule has 1 heterocycles. The first kappa shape index (κ1) is 10.5. The fourth-order valence-electron chi connectivity index (χ4n) is 1.01. The van der Waals surface area contributed by atoms with Gasteiger partial charge < -0.3 is 5.11 Å². The van der Waals surface area contributed by atoms with Gasteiger partial charge in [-0.3, -0.25) is 0 Å². The highest BCUT2D eigenvalue weighted by Crippen LogP contribution is 2.23. The molecule has 0 aliphatic rings. The largest absolute Gasteiger partial charge is 0.392 e. The van der Waals surface area contributed by atoms with Crippen molar-refractivity contribution < 1.29 is 18.3 Å². The molecule has 0 bridgehead atoms. The predicted octanol–water partition coefficient (Wildman–Crippen LogP) is 1.52. The standard InChI is InChI=1S/C8H5F3N2O/c9-6-1-4(2-12)5(3-14)7(13-6)8(10)11/h1,8,14H,3H2. The third kappa shape index (κ3) is 1.83. The fraction of sp³-hybridized carbons (Fsp3) is 0.250. The number of hydrogen-bond donors (Lipinski definition) is 1. The number of rotatable bonds is 2. The highest BCUT2D eigenvalue weighted by molar-refractivity contribution is 5.39. The second-order valence-corrected chi connectivity index (χ2v) is 2.43. The molecule has 0 aromatic carbocycles. The SMILES string of the molecule is N#Cc1cc(F)nc(C(F)F)c1CO. The topological polar surface area (TPSA) is 56.9 Å². The fourth-order valence-corrected chi connectivity index (χ4v) is 1.01. The number of aromatic nitrogens is 1. The van der Waals surface area contributed by atoms with Crippen molar-refractivity contribution in [1.82, 2.24) is 4.98 Å². The summed E-state index contributed by atoms with van der Waals surface area (Å²) in [6.07, 6.45) is -3.01. The number of alkyl halides is 2. The lowest BCUT2D eigenvalue weighted by atomic mass is 10.1. The van der Waals surface area contributed by atoms with Gasteiger partial charge in [0, 0.05) is 11.6 Å². The molecular formula is C8H5F3N2O. The molecule has 0 radical (unpaired) electrons. The van der Waals surface area contributed by atoms with Crippen molar-refractivity contribution in [2.24, 2.45) is 0 Å². The van der Waals surface area contributed by atoms with Crippen LogP contribution in [0.3, 0.4) is 0 Å². The first-order valence-corrected chi connectivity index (χ1v) is 3.58. The summed E-state index contributed by atoms with van der Waals surface area (Å²) in [5.74, 6) is -1.16. The Morgan fingerprint density at radius 3 is 2.64 bits per heavy atom. The molecule has 1 N–H and O–H groups in total. The van der Waals surface area contributed by atoms with E-state index in [9.17, 15) is 13.2 Å². The van der Waals surface area contributed by atoms with Crippen molar-refractivity contribution in [3.05, 3.63) is 28.8 Å². The van der Waals surface area contributed by atoms with Crippen molar-refractivity contribution in [2.75, 3.05) is 0 Å². The molecule has 74 valence electrons. The molecule has 0 amide bonds. The Bertz CT molecular complexity index is 387. The van der Waals surface area contributed by atoms with E-state index in [4.69, 9.17) is 10.4 Å². The smallest absolute Gasteiger partial charge is 0.280 e. The van der Waals surface area contributed by atoms with Crippen LogP contribution in [0.1, 0.15) is 23.2 Å². The summed E-state index contributed by atoms with van der Waals surface area (Å²) in [7, 11) is 0. The van der Waals surface area contributed by atoms with Gasteiger partial charge >= 0.3 is 0 Å². The Morgan fingerprint density at radius 1 is 1.57 bits per heavy atom. The van der Waals surface area contributed by atoms with Crippen LogP contribution in [0.2, 0.25) is 0 Å². The molecule has 0 saturated heterocycles. The van der Waals surface area contributed by atoms with Crippen molar-refractivity contribution in [3.63, 3.8) is 0 Å². The summed E-state index contributed by atoms with van der Waals surface area (Å²) >= 11 is 0. The van der Waals surface area contributed by atoms with Gasteiger partial charge in [0.15, 0.2) is 0 Å². The molecule has 0 atom stereocenters. The van der Waals surface area contributed by atoms with Crippen LogP contribution in [0, 0.1) is 17.3 Å². The zero-order valence-corrected chi connectivity index (χ0v) is 6.84. The number of pyridine rings is 1. The Labute approximate surface area is 77.4 Å². The highest BCUT2D eigenvalue weighted by Gasteiger charge is 2.19. The minimum Gasteiger partial charge on any atom is -0.392 e. The van der Waals surface area contributed by atoms with Gasteiger partial charge in [-0.25, -0.2) is 13.8 Å². The molecule has 1 aromatic rings. The zero-order valence-electron chi connectivity index (χ0n) is 6.84. The molecule has 0 saturated carbocycles. The maximum atomic E-state index is 12.6. The summed E-state index contributed by atoms with van der Waals surface area (Å²) in [6.45, 7) is -0.768. The van der Waals surface area contributed by atoms with E-state index in [0.717, 1.165) is 0 Å². The highest BCUT2D eigenvalue weighted by atomic mass is 19.3. The minimum absolute atomic E-state index is 0.324. The van der Waals surface area contributed by atoms with Crippen LogP contribution in [0.4, 0.5) is 13.2 Å². The Balaban J connectivity index is 3.41. The summed E-state index contributed by atoms with van der Waals surface area (Å²) in [5.41, 5.74) is -1.54. The monoisotopic (exact) mass is 202 g/mol. The van der Waals surface area contributed by atoms with Crippen molar-refractivity contribution in [3.8, 4) is 6.07 Å². The minimum atomic E-state index is -3.01. The van der Waals surface area contributed by atoms with Gasteiger partial charge in [-0.05, 0) is 0 Å². The third-order valence-electron chi connectivity index (χ3n) is 1.61. The summed E-state index contributed by atoms with van der Waals surface area (Å²) in [4.78, 5) is 2.92. The first-order chi connectivity index (χ1) is 6.60.